The number of thiophene rings is 1. The molecule has 0 aliphatic carbocycles. The number of ether oxygens (including phenoxy) is 1. The topological polar surface area (TPSA) is 53.9 Å². The minimum absolute atomic E-state index is 0.0978. The third-order valence-electron chi connectivity index (χ3n) is 2.68. The molecule has 0 saturated heterocycles. The van der Waals surface area contributed by atoms with Gasteiger partial charge in [0.25, 0.3) is 5.91 Å². The summed E-state index contributed by atoms with van der Waals surface area (Å²) in [4.78, 5) is 14.5. The molecule has 22 heavy (non-hydrogen) atoms. The van der Waals surface area contributed by atoms with Gasteiger partial charge in [-0.15, -0.1) is 11.3 Å². The average Bonchev–Trinajstić information content (AvgIpc) is 2.91. The van der Waals surface area contributed by atoms with Crippen LogP contribution < -0.4 is 15.1 Å². The van der Waals surface area contributed by atoms with E-state index in [2.05, 4.69) is 10.5 Å². The van der Waals surface area contributed by atoms with Crippen LogP contribution in [0.25, 0.3) is 0 Å². The zero-order valence-corrected chi connectivity index (χ0v) is 13.8. The molecule has 0 unspecified atom stereocenters. The average molecular weight is 338 g/mol. The second kappa shape index (κ2) is 7.82. The lowest BCUT2D eigenvalue weighted by atomic mass is 10.3. The van der Waals surface area contributed by atoms with Gasteiger partial charge in [0.2, 0.25) is 0 Å². The van der Waals surface area contributed by atoms with Crippen LogP contribution in [0.2, 0.25) is 4.34 Å². The second-order valence-corrected chi connectivity index (χ2v) is 6.36. The summed E-state index contributed by atoms with van der Waals surface area (Å²) >= 11 is 7.18. The lowest BCUT2D eigenvalue weighted by molar-refractivity contribution is -0.123. The summed E-state index contributed by atoms with van der Waals surface area (Å²) in [6, 6.07) is 11.1. The zero-order valence-electron chi connectivity index (χ0n) is 12.2. The van der Waals surface area contributed by atoms with Crippen molar-refractivity contribution in [2.45, 2.75) is 0 Å². The Labute approximate surface area is 138 Å². The van der Waals surface area contributed by atoms with Gasteiger partial charge in [-0.3, -0.25) is 4.79 Å². The number of halogens is 1. The van der Waals surface area contributed by atoms with Crippen LogP contribution in [-0.2, 0) is 4.79 Å². The molecule has 2 rings (SSSR count). The summed E-state index contributed by atoms with van der Waals surface area (Å²) in [5, 5.41) is 3.85. The van der Waals surface area contributed by atoms with Crippen molar-refractivity contribution in [1.29, 1.82) is 0 Å². The Morgan fingerprint density at radius 1 is 1.41 bits per heavy atom. The Hall–Kier alpha value is -2.05. The van der Waals surface area contributed by atoms with Crippen molar-refractivity contribution in [2.75, 3.05) is 25.6 Å². The van der Waals surface area contributed by atoms with Crippen LogP contribution in [0.15, 0.2) is 41.5 Å². The van der Waals surface area contributed by atoms with Gasteiger partial charge in [0, 0.05) is 30.7 Å². The van der Waals surface area contributed by atoms with Crippen molar-refractivity contribution in [3.63, 3.8) is 0 Å². The molecule has 1 N–H and O–H groups in total. The zero-order chi connectivity index (χ0) is 15.9. The normalized spacial score (nSPS) is 10.7. The highest BCUT2D eigenvalue weighted by Gasteiger charge is 2.03. The minimum atomic E-state index is -0.325. The summed E-state index contributed by atoms with van der Waals surface area (Å²) in [5.74, 6) is 0.310. The summed E-state index contributed by atoms with van der Waals surface area (Å²) < 4.78 is 6.11. The van der Waals surface area contributed by atoms with Gasteiger partial charge in [0.15, 0.2) is 6.61 Å². The summed E-state index contributed by atoms with van der Waals surface area (Å²) in [7, 11) is 3.88. The molecule has 1 aromatic heterocycles. The van der Waals surface area contributed by atoms with Crippen molar-refractivity contribution in [2.24, 2.45) is 5.10 Å². The van der Waals surface area contributed by atoms with Gasteiger partial charge >= 0.3 is 0 Å². The molecule has 0 fully saturated rings. The van der Waals surface area contributed by atoms with Crippen LogP contribution in [0, 0.1) is 0 Å². The monoisotopic (exact) mass is 337 g/mol. The Bertz CT molecular complexity index is 670. The third-order valence-corrected chi connectivity index (χ3v) is 3.84. The highest BCUT2D eigenvalue weighted by atomic mass is 35.5. The molecule has 0 spiro atoms. The minimum Gasteiger partial charge on any atom is -0.484 e. The molecular formula is C15H16ClN3O2S. The first-order chi connectivity index (χ1) is 10.5. The quantitative estimate of drug-likeness (QED) is 0.651. The summed E-state index contributed by atoms with van der Waals surface area (Å²) in [5.41, 5.74) is 3.41. The van der Waals surface area contributed by atoms with Crippen LogP contribution in [0.1, 0.15) is 4.88 Å². The number of nitrogens with one attached hydrogen (secondary N) is 1. The van der Waals surface area contributed by atoms with Crippen molar-refractivity contribution >= 4 is 40.7 Å². The highest BCUT2D eigenvalue weighted by Crippen LogP contribution is 2.20. The fraction of sp³-hybridized carbons (Fsp3) is 0.200. The molecule has 1 amide bonds. The first-order valence-corrected chi connectivity index (χ1v) is 7.71. The number of carbonyl (C=O) groups excluding carboxylic acids is 1. The van der Waals surface area contributed by atoms with E-state index in [9.17, 15) is 4.79 Å². The molecule has 0 atom stereocenters. The number of hydrogen-bond acceptors (Lipinski definition) is 5. The van der Waals surface area contributed by atoms with E-state index < -0.39 is 0 Å². The number of hydrogen-bond donors (Lipinski definition) is 1. The fourth-order valence-corrected chi connectivity index (χ4v) is 2.53. The summed E-state index contributed by atoms with van der Waals surface area (Å²) in [6.07, 6.45) is 1.54. The van der Waals surface area contributed by atoms with Gasteiger partial charge < -0.3 is 9.64 Å². The van der Waals surface area contributed by atoms with Crippen molar-refractivity contribution in [1.82, 2.24) is 5.43 Å². The van der Waals surface area contributed by atoms with Crippen LogP contribution in [0.4, 0.5) is 5.69 Å². The number of hydrazone groups is 1. The van der Waals surface area contributed by atoms with Crippen LogP contribution in [0.3, 0.4) is 0 Å². The van der Waals surface area contributed by atoms with Gasteiger partial charge in [0.05, 0.1) is 10.6 Å². The van der Waals surface area contributed by atoms with Gasteiger partial charge in [-0.1, -0.05) is 17.7 Å². The SMILES string of the molecule is CN(C)c1cccc(OCC(=O)N/N=C\c2ccc(Cl)s2)c1. The molecule has 7 heteroatoms. The maximum Gasteiger partial charge on any atom is 0.277 e. The van der Waals surface area contributed by atoms with Gasteiger partial charge in [-0.25, -0.2) is 5.43 Å². The van der Waals surface area contributed by atoms with Crippen molar-refractivity contribution in [3.05, 3.63) is 45.6 Å². The van der Waals surface area contributed by atoms with E-state index in [0.29, 0.717) is 10.1 Å². The fourth-order valence-electron chi connectivity index (χ4n) is 1.60. The van der Waals surface area contributed by atoms with Gasteiger partial charge in [-0.2, -0.15) is 5.10 Å². The number of carbonyl (C=O) groups is 1. The Morgan fingerprint density at radius 3 is 2.91 bits per heavy atom. The standard InChI is InChI=1S/C15H16ClN3O2S/c1-19(2)11-4-3-5-12(8-11)21-10-15(20)18-17-9-13-6-7-14(16)22-13/h3-9H,10H2,1-2H3,(H,18,20)/b17-9-. The smallest absolute Gasteiger partial charge is 0.277 e. The van der Waals surface area contributed by atoms with Crippen molar-refractivity contribution < 1.29 is 9.53 Å². The number of amides is 1. The first-order valence-electron chi connectivity index (χ1n) is 6.52. The molecule has 0 saturated carbocycles. The maximum atomic E-state index is 11.6. The van der Waals surface area contributed by atoms with Gasteiger partial charge in [0.1, 0.15) is 5.75 Å². The molecular weight excluding hydrogens is 322 g/mol. The number of benzene rings is 1. The largest absolute Gasteiger partial charge is 0.484 e. The first kappa shape index (κ1) is 16.3. The van der Waals surface area contributed by atoms with Crippen LogP contribution in [0.5, 0.6) is 5.75 Å². The van der Waals surface area contributed by atoms with Crippen LogP contribution in [-0.4, -0.2) is 32.8 Å². The van der Waals surface area contributed by atoms with Gasteiger partial charge in [-0.05, 0) is 24.3 Å². The van der Waals surface area contributed by atoms with E-state index in [-0.39, 0.29) is 12.5 Å². The van der Waals surface area contributed by atoms with E-state index >= 15 is 0 Å². The van der Waals surface area contributed by atoms with E-state index in [1.54, 1.807) is 18.3 Å². The molecule has 5 nitrogen and oxygen atoms in total. The second-order valence-electron chi connectivity index (χ2n) is 4.62. The predicted octanol–water partition coefficient (Wildman–Crippen LogP) is 3.00. The number of rotatable bonds is 6. The molecule has 2 aromatic rings. The molecule has 0 aliphatic heterocycles. The van der Waals surface area contributed by atoms with E-state index in [0.717, 1.165) is 10.6 Å². The Morgan fingerprint density at radius 2 is 2.23 bits per heavy atom. The molecule has 116 valence electrons. The molecule has 0 bridgehead atoms. The maximum absolute atomic E-state index is 11.6. The molecule has 1 aromatic carbocycles. The lowest BCUT2D eigenvalue weighted by Gasteiger charge is -2.13. The highest BCUT2D eigenvalue weighted by molar-refractivity contribution is 7.17. The van der Waals surface area contributed by atoms with E-state index in [1.807, 2.05) is 43.3 Å². The number of anilines is 1. The molecule has 0 aliphatic rings. The number of nitrogens with zero attached hydrogens (tertiary/aromatic N) is 2. The van der Waals surface area contributed by atoms with Crippen molar-refractivity contribution in [3.8, 4) is 5.75 Å². The van der Waals surface area contributed by atoms with E-state index in [4.69, 9.17) is 16.3 Å². The summed E-state index contributed by atoms with van der Waals surface area (Å²) in [6.45, 7) is -0.0978. The lowest BCUT2D eigenvalue weighted by Crippen LogP contribution is -2.24. The van der Waals surface area contributed by atoms with E-state index in [1.165, 1.54) is 11.3 Å². The molecule has 1 heterocycles. The molecule has 0 radical (unpaired) electrons. The third kappa shape index (κ3) is 5.05. The predicted molar refractivity (Wildman–Crippen MR) is 91.3 cm³/mol. The Kier molecular flexibility index (Phi) is 5.80. The Balaban J connectivity index is 1.80. The van der Waals surface area contributed by atoms with Crippen LogP contribution >= 0.6 is 22.9 Å².